The molecule has 11 heteroatoms. The number of thiophene rings is 1. The SMILES string of the molecule is CCCN1CCc2c(sc(NC(=O)C3CCCN3S(=O)(=O)c3ccc(F)cc3)c2C(N)=O)C1. The Kier molecular flexibility index (Phi) is 6.85. The van der Waals surface area contributed by atoms with Crippen molar-refractivity contribution in [3.8, 4) is 0 Å². The van der Waals surface area contributed by atoms with Crippen molar-refractivity contribution in [2.24, 2.45) is 5.73 Å². The molecule has 2 amide bonds. The highest BCUT2D eigenvalue weighted by Crippen LogP contribution is 2.37. The maximum atomic E-state index is 13.3. The van der Waals surface area contributed by atoms with Crippen LogP contribution >= 0.6 is 11.3 Å². The van der Waals surface area contributed by atoms with E-state index in [0.29, 0.717) is 36.4 Å². The van der Waals surface area contributed by atoms with Gasteiger partial charge in [0.05, 0.1) is 10.5 Å². The summed E-state index contributed by atoms with van der Waals surface area (Å²) in [6, 6.07) is 3.62. The van der Waals surface area contributed by atoms with Gasteiger partial charge in [-0.15, -0.1) is 11.3 Å². The van der Waals surface area contributed by atoms with Crippen LogP contribution in [0.2, 0.25) is 0 Å². The number of carbonyl (C=O) groups excluding carboxylic acids is 2. The minimum absolute atomic E-state index is 0.0657. The fraction of sp³-hybridized carbons (Fsp3) is 0.455. The Morgan fingerprint density at radius 2 is 1.97 bits per heavy atom. The summed E-state index contributed by atoms with van der Waals surface area (Å²) in [7, 11) is -3.97. The molecule has 1 atom stereocenters. The molecule has 1 fully saturated rings. The number of carbonyl (C=O) groups is 2. The Morgan fingerprint density at radius 1 is 1.24 bits per heavy atom. The van der Waals surface area contributed by atoms with E-state index in [-0.39, 0.29) is 11.4 Å². The van der Waals surface area contributed by atoms with Crippen LogP contribution in [0.25, 0.3) is 0 Å². The Hall–Kier alpha value is -2.34. The molecular weight excluding hydrogens is 467 g/mol. The van der Waals surface area contributed by atoms with Crippen molar-refractivity contribution in [2.45, 2.75) is 50.1 Å². The summed E-state index contributed by atoms with van der Waals surface area (Å²) < 4.78 is 40.6. The number of amides is 2. The monoisotopic (exact) mass is 494 g/mol. The standard InChI is InChI=1S/C22H27FN4O4S2/c1-2-10-26-12-9-16-18(13-26)32-22(19(16)20(24)28)25-21(29)17-4-3-11-27(17)33(30,31)15-7-5-14(23)6-8-15/h5-8,17H,2-4,9-13H2,1H3,(H2,24,28)(H,25,29). The summed E-state index contributed by atoms with van der Waals surface area (Å²) in [5.74, 6) is -1.64. The van der Waals surface area contributed by atoms with Crippen LogP contribution in [0.15, 0.2) is 29.2 Å². The summed E-state index contributed by atoms with van der Waals surface area (Å²) in [5.41, 5.74) is 6.85. The number of nitrogens with two attached hydrogens (primary N) is 1. The maximum Gasteiger partial charge on any atom is 0.251 e. The molecule has 1 aromatic carbocycles. The van der Waals surface area contributed by atoms with E-state index in [1.165, 1.54) is 23.5 Å². The van der Waals surface area contributed by atoms with Crippen LogP contribution in [0, 0.1) is 5.82 Å². The molecule has 2 aliphatic rings. The van der Waals surface area contributed by atoms with Gasteiger partial charge in [-0.05, 0) is 62.1 Å². The van der Waals surface area contributed by atoms with Gasteiger partial charge < -0.3 is 11.1 Å². The molecule has 8 nitrogen and oxygen atoms in total. The van der Waals surface area contributed by atoms with Crippen LogP contribution in [0.3, 0.4) is 0 Å². The highest BCUT2D eigenvalue weighted by molar-refractivity contribution is 7.89. The quantitative estimate of drug-likeness (QED) is 0.614. The Bertz CT molecular complexity index is 1160. The van der Waals surface area contributed by atoms with Crippen LogP contribution in [0.4, 0.5) is 9.39 Å². The van der Waals surface area contributed by atoms with Crippen molar-refractivity contribution in [1.82, 2.24) is 9.21 Å². The second kappa shape index (κ2) is 9.49. The number of hydrogen-bond donors (Lipinski definition) is 2. The van der Waals surface area contributed by atoms with Crippen molar-refractivity contribution in [2.75, 3.05) is 25.0 Å². The third-order valence-electron chi connectivity index (χ3n) is 6.09. The van der Waals surface area contributed by atoms with E-state index in [9.17, 15) is 22.4 Å². The summed E-state index contributed by atoms with van der Waals surface area (Å²) >= 11 is 1.33. The first-order valence-electron chi connectivity index (χ1n) is 11.0. The first-order chi connectivity index (χ1) is 15.7. The Morgan fingerprint density at radius 3 is 2.64 bits per heavy atom. The van der Waals surface area contributed by atoms with Crippen molar-refractivity contribution in [1.29, 1.82) is 0 Å². The molecule has 0 radical (unpaired) electrons. The molecule has 0 aliphatic carbocycles. The first kappa shape index (κ1) is 23.8. The lowest BCUT2D eigenvalue weighted by atomic mass is 10.0. The lowest BCUT2D eigenvalue weighted by Gasteiger charge is -2.26. The number of primary amides is 1. The van der Waals surface area contributed by atoms with Gasteiger partial charge in [0, 0.05) is 24.5 Å². The topological polar surface area (TPSA) is 113 Å². The average molecular weight is 495 g/mol. The highest BCUT2D eigenvalue weighted by atomic mass is 32.2. The van der Waals surface area contributed by atoms with Gasteiger partial charge in [-0.2, -0.15) is 4.31 Å². The Balaban J connectivity index is 1.58. The van der Waals surface area contributed by atoms with Crippen LogP contribution in [0.1, 0.15) is 47.0 Å². The van der Waals surface area contributed by atoms with Gasteiger partial charge in [0.25, 0.3) is 5.91 Å². The molecule has 1 aromatic heterocycles. The van der Waals surface area contributed by atoms with E-state index in [2.05, 4.69) is 17.1 Å². The highest BCUT2D eigenvalue weighted by Gasteiger charge is 2.40. The van der Waals surface area contributed by atoms with E-state index < -0.39 is 33.7 Å². The van der Waals surface area contributed by atoms with Crippen LogP contribution in [0.5, 0.6) is 0 Å². The Labute approximate surface area is 196 Å². The van der Waals surface area contributed by atoms with Gasteiger partial charge in [0.1, 0.15) is 16.9 Å². The number of sulfonamides is 1. The van der Waals surface area contributed by atoms with Crippen LogP contribution < -0.4 is 11.1 Å². The molecule has 2 aromatic rings. The van der Waals surface area contributed by atoms with Crippen LogP contribution in [-0.4, -0.2) is 55.1 Å². The first-order valence-corrected chi connectivity index (χ1v) is 13.2. The number of nitrogens with one attached hydrogen (secondary N) is 1. The molecule has 0 bridgehead atoms. The third-order valence-corrected chi connectivity index (χ3v) is 9.14. The number of nitrogens with zero attached hydrogens (tertiary/aromatic N) is 2. The molecule has 1 saturated heterocycles. The lowest BCUT2D eigenvalue weighted by molar-refractivity contribution is -0.119. The van der Waals surface area contributed by atoms with Crippen molar-refractivity contribution in [3.05, 3.63) is 46.1 Å². The summed E-state index contributed by atoms with van der Waals surface area (Å²) in [6.07, 6.45) is 2.57. The van der Waals surface area contributed by atoms with Gasteiger partial charge in [0.2, 0.25) is 15.9 Å². The maximum absolute atomic E-state index is 13.3. The third kappa shape index (κ3) is 4.68. The minimum Gasteiger partial charge on any atom is -0.365 e. The molecule has 0 spiro atoms. The number of benzene rings is 1. The molecule has 1 unspecified atom stereocenters. The predicted molar refractivity (Wildman–Crippen MR) is 124 cm³/mol. The van der Waals surface area contributed by atoms with Gasteiger partial charge in [0.15, 0.2) is 0 Å². The molecule has 33 heavy (non-hydrogen) atoms. The van der Waals surface area contributed by atoms with Gasteiger partial charge in [-0.1, -0.05) is 6.92 Å². The van der Waals surface area contributed by atoms with Gasteiger partial charge in [-0.25, -0.2) is 12.8 Å². The molecule has 2 aliphatic heterocycles. The zero-order valence-corrected chi connectivity index (χ0v) is 20.0. The van der Waals surface area contributed by atoms with Crippen molar-refractivity contribution >= 4 is 38.2 Å². The summed E-state index contributed by atoms with van der Waals surface area (Å²) in [4.78, 5) is 28.6. The van der Waals surface area contributed by atoms with Gasteiger partial charge in [-0.3, -0.25) is 14.5 Å². The molecule has 178 valence electrons. The summed E-state index contributed by atoms with van der Waals surface area (Å²) in [6.45, 7) is 4.75. The van der Waals surface area contributed by atoms with Crippen LogP contribution in [-0.2, 0) is 27.8 Å². The van der Waals surface area contributed by atoms with E-state index in [0.717, 1.165) is 46.4 Å². The predicted octanol–water partition coefficient (Wildman–Crippen LogP) is 2.55. The molecule has 3 N–H and O–H groups in total. The second-order valence-electron chi connectivity index (χ2n) is 8.32. The molecule has 3 heterocycles. The van der Waals surface area contributed by atoms with Crippen molar-refractivity contribution in [3.63, 3.8) is 0 Å². The fourth-order valence-corrected chi connectivity index (χ4v) is 7.49. The number of hydrogen-bond acceptors (Lipinski definition) is 6. The largest absolute Gasteiger partial charge is 0.365 e. The minimum atomic E-state index is -3.97. The summed E-state index contributed by atoms with van der Waals surface area (Å²) in [5, 5.41) is 3.17. The smallest absolute Gasteiger partial charge is 0.251 e. The van der Waals surface area contributed by atoms with Crippen molar-refractivity contribution < 1.29 is 22.4 Å². The zero-order valence-electron chi connectivity index (χ0n) is 18.3. The number of rotatable bonds is 7. The molecular formula is C22H27FN4O4S2. The fourth-order valence-electron chi connectivity index (χ4n) is 4.54. The number of fused-ring (bicyclic) bond motifs is 1. The lowest BCUT2D eigenvalue weighted by Crippen LogP contribution is -2.43. The zero-order chi connectivity index (χ0) is 23.8. The number of halogens is 1. The van der Waals surface area contributed by atoms with E-state index in [1.54, 1.807) is 0 Å². The molecule has 0 saturated carbocycles. The average Bonchev–Trinajstić information content (AvgIpc) is 3.39. The van der Waals surface area contributed by atoms with Gasteiger partial charge >= 0.3 is 0 Å². The second-order valence-corrected chi connectivity index (χ2v) is 11.3. The van der Waals surface area contributed by atoms with E-state index in [1.807, 2.05) is 0 Å². The van der Waals surface area contributed by atoms with E-state index in [4.69, 9.17) is 5.73 Å². The van der Waals surface area contributed by atoms with E-state index >= 15 is 0 Å². The molecule has 4 rings (SSSR count). The number of anilines is 1. The normalized spacial score (nSPS) is 19.4.